The van der Waals surface area contributed by atoms with E-state index in [-0.39, 0.29) is 11.7 Å². The van der Waals surface area contributed by atoms with Crippen LogP contribution in [0.15, 0.2) is 12.2 Å². The molecule has 0 aromatic heterocycles. The highest BCUT2D eigenvalue weighted by molar-refractivity contribution is 5.28. The fourth-order valence-electron chi connectivity index (χ4n) is 0.891. The SMILES string of the molecule is C#CC1(C)OC1C(=C)C. The molecule has 1 fully saturated rings. The van der Waals surface area contributed by atoms with Crippen LogP contribution in [0.3, 0.4) is 0 Å². The summed E-state index contributed by atoms with van der Waals surface area (Å²) in [6.45, 7) is 7.56. The number of ether oxygens (including phenoxy) is 1. The van der Waals surface area contributed by atoms with Gasteiger partial charge in [0, 0.05) is 0 Å². The molecule has 1 heteroatoms. The monoisotopic (exact) mass is 122 g/mol. The van der Waals surface area contributed by atoms with Gasteiger partial charge < -0.3 is 4.74 Å². The molecule has 1 aliphatic rings. The van der Waals surface area contributed by atoms with Gasteiger partial charge in [-0.05, 0) is 19.4 Å². The van der Waals surface area contributed by atoms with Gasteiger partial charge in [0.25, 0.3) is 0 Å². The number of hydrogen-bond donors (Lipinski definition) is 0. The molecule has 0 aromatic rings. The maximum Gasteiger partial charge on any atom is 0.156 e. The van der Waals surface area contributed by atoms with Gasteiger partial charge in [0.2, 0.25) is 0 Å². The lowest BCUT2D eigenvalue weighted by molar-refractivity contribution is 0.359. The Bertz CT molecular complexity index is 187. The molecule has 2 atom stereocenters. The Morgan fingerprint density at radius 2 is 2.44 bits per heavy atom. The number of hydrogen-bond acceptors (Lipinski definition) is 1. The van der Waals surface area contributed by atoms with Crippen molar-refractivity contribution in [3.8, 4) is 12.3 Å². The highest BCUT2D eigenvalue weighted by atomic mass is 16.6. The number of epoxide rings is 1. The van der Waals surface area contributed by atoms with E-state index in [0.717, 1.165) is 5.57 Å². The molecule has 0 aromatic carbocycles. The molecule has 0 N–H and O–H groups in total. The molecular formula is C8H10O. The van der Waals surface area contributed by atoms with E-state index in [1.165, 1.54) is 0 Å². The minimum atomic E-state index is -0.341. The van der Waals surface area contributed by atoms with Crippen molar-refractivity contribution in [1.82, 2.24) is 0 Å². The van der Waals surface area contributed by atoms with Crippen LogP contribution in [0.1, 0.15) is 13.8 Å². The lowest BCUT2D eigenvalue weighted by Gasteiger charge is -1.91. The second-order valence-electron chi connectivity index (χ2n) is 2.60. The number of rotatable bonds is 1. The summed E-state index contributed by atoms with van der Waals surface area (Å²) in [5, 5.41) is 0. The van der Waals surface area contributed by atoms with E-state index in [9.17, 15) is 0 Å². The highest BCUT2D eigenvalue weighted by Gasteiger charge is 2.51. The topological polar surface area (TPSA) is 12.5 Å². The van der Waals surface area contributed by atoms with Gasteiger partial charge in [-0.25, -0.2) is 0 Å². The molecule has 1 heterocycles. The summed E-state index contributed by atoms with van der Waals surface area (Å²) in [6.07, 6.45) is 5.28. The van der Waals surface area contributed by atoms with Crippen LogP contribution >= 0.6 is 0 Å². The zero-order valence-corrected chi connectivity index (χ0v) is 5.77. The van der Waals surface area contributed by atoms with Crippen LogP contribution < -0.4 is 0 Å². The van der Waals surface area contributed by atoms with Gasteiger partial charge >= 0.3 is 0 Å². The molecule has 1 rings (SSSR count). The van der Waals surface area contributed by atoms with Gasteiger partial charge in [-0.15, -0.1) is 6.42 Å². The van der Waals surface area contributed by atoms with E-state index in [1.807, 2.05) is 13.8 Å². The molecule has 0 spiro atoms. The first-order valence-electron chi connectivity index (χ1n) is 2.91. The van der Waals surface area contributed by atoms with Crippen LogP contribution in [0, 0.1) is 12.3 Å². The second-order valence-corrected chi connectivity index (χ2v) is 2.60. The Kier molecular flexibility index (Phi) is 1.15. The van der Waals surface area contributed by atoms with Crippen LogP contribution in [-0.4, -0.2) is 11.7 Å². The van der Waals surface area contributed by atoms with E-state index >= 15 is 0 Å². The Labute approximate surface area is 55.7 Å². The molecule has 0 saturated carbocycles. The Hall–Kier alpha value is -0.740. The van der Waals surface area contributed by atoms with Crippen LogP contribution in [0.25, 0.3) is 0 Å². The third-order valence-corrected chi connectivity index (χ3v) is 1.54. The third-order valence-electron chi connectivity index (χ3n) is 1.54. The molecule has 2 unspecified atom stereocenters. The third kappa shape index (κ3) is 0.863. The molecule has 0 radical (unpaired) electrons. The summed E-state index contributed by atoms with van der Waals surface area (Å²) in [7, 11) is 0. The average molecular weight is 122 g/mol. The first kappa shape index (κ1) is 6.38. The lowest BCUT2D eigenvalue weighted by Crippen LogP contribution is -2.05. The molecular weight excluding hydrogens is 112 g/mol. The van der Waals surface area contributed by atoms with E-state index in [1.54, 1.807) is 0 Å². The first-order valence-corrected chi connectivity index (χ1v) is 2.91. The summed E-state index contributed by atoms with van der Waals surface area (Å²) >= 11 is 0. The van der Waals surface area contributed by atoms with Crippen molar-refractivity contribution in [3.63, 3.8) is 0 Å². The molecule has 1 nitrogen and oxygen atoms in total. The van der Waals surface area contributed by atoms with Crippen molar-refractivity contribution in [2.24, 2.45) is 0 Å². The standard InChI is InChI=1S/C8H10O/c1-5-8(4)7(9-8)6(2)3/h1,7H,2H2,3-4H3. The lowest BCUT2D eigenvalue weighted by atomic mass is 10.1. The van der Waals surface area contributed by atoms with Crippen molar-refractivity contribution in [3.05, 3.63) is 12.2 Å². The van der Waals surface area contributed by atoms with E-state index in [2.05, 4.69) is 12.5 Å². The second kappa shape index (κ2) is 1.62. The quantitative estimate of drug-likeness (QED) is 0.290. The summed E-state index contributed by atoms with van der Waals surface area (Å²) in [6, 6.07) is 0. The Balaban J connectivity index is 2.61. The van der Waals surface area contributed by atoms with Crippen molar-refractivity contribution in [2.45, 2.75) is 25.6 Å². The summed E-state index contributed by atoms with van der Waals surface area (Å²) in [5.74, 6) is 2.56. The largest absolute Gasteiger partial charge is 0.348 e. The van der Waals surface area contributed by atoms with Gasteiger partial charge in [0.05, 0.1) is 0 Å². The predicted molar refractivity (Wildman–Crippen MR) is 36.9 cm³/mol. The maximum absolute atomic E-state index is 5.18. The summed E-state index contributed by atoms with van der Waals surface area (Å²) in [5.41, 5.74) is 0.668. The number of terminal acetylenes is 1. The summed E-state index contributed by atoms with van der Waals surface area (Å²) < 4.78 is 5.18. The maximum atomic E-state index is 5.18. The zero-order chi connectivity index (χ0) is 7.07. The minimum Gasteiger partial charge on any atom is -0.348 e. The minimum absolute atomic E-state index is 0.0995. The molecule has 0 amide bonds. The zero-order valence-electron chi connectivity index (χ0n) is 5.77. The highest BCUT2D eigenvalue weighted by Crippen LogP contribution is 2.39. The first-order chi connectivity index (χ1) is 4.10. The van der Waals surface area contributed by atoms with Crippen LogP contribution in [0.5, 0.6) is 0 Å². The van der Waals surface area contributed by atoms with Crippen molar-refractivity contribution >= 4 is 0 Å². The fourth-order valence-corrected chi connectivity index (χ4v) is 0.891. The average Bonchev–Trinajstić information content (AvgIpc) is 2.44. The fraction of sp³-hybridized carbons (Fsp3) is 0.500. The van der Waals surface area contributed by atoms with Crippen molar-refractivity contribution in [2.75, 3.05) is 0 Å². The van der Waals surface area contributed by atoms with E-state index < -0.39 is 0 Å². The normalized spacial score (nSPS) is 39.4. The molecule has 9 heavy (non-hydrogen) atoms. The van der Waals surface area contributed by atoms with Crippen LogP contribution in [0.4, 0.5) is 0 Å². The molecule has 1 saturated heterocycles. The van der Waals surface area contributed by atoms with Gasteiger partial charge in [-0.3, -0.25) is 0 Å². The Morgan fingerprint density at radius 1 is 1.89 bits per heavy atom. The van der Waals surface area contributed by atoms with Gasteiger partial charge in [0.1, 0.15) is 6.10 Å². The van der Waals surface area contributed by atoms with Crippen LogP contribution in [0.2, 0.25) is 0 Å². The molecule has 48 valence electrons. The molecule has 0 bridgehead atoms. The molecule has 0 aliphatic carbocycles. The summed E-state index contributed by atoms with van der Waals surface area (Å²) in [4.78, 5) is 0. The van der Waals surface area contributed by atoms with Crippen LogP contribution in [-0.2, 0) is 4.74 Å². The van der Waals surface area contributed by atoms with Gasteiger partial charge in [-0.1, -0.05) is 12.5 Å². The van der Waals surface area contributed by atoms with Crippen molar-refractivity contribution in [1.29, 1.82) is 0 Å². The predicted octanol–water partition coefficient (Wildman–Crippen LogP) is 1.35. The molecule has 1 aliphatic heterocycles. The van der Waals surface area contributed by atoms with E-state index in [4.69, 9.17) is 11.2 Å². The smallest absolute Gasteiger partial charge is 0.156 e. The Morgan fingerprint density at radius 3 is 2.56 bits per heavy atom. The van der Waals surface area contributed by atoms with E-state index in [0.29, 0.717) is 0 Å². The van der Waals surface area contributed by atoms with Gasteiger partial charge in [-0.2, -0.15) is 0 Å². The van der Waals surface area contributed by atoms with Crippen molar-refractivity contribution < 1.29 is 4.74 Å². The van der Waals surface area contributed by atoms with Gasteiger partial charge in [0.15, 0.2) is 5.60 Å².